The summed E-state index contributed by atoms with van der Waals surface area (Å²) >= 11 is 0. The Kier molecular flexibility index (Phi) is 4.25. The summed E-state index contributed by atoms with van der Waals surface area (Å²) in [5.74, 6) is 3.51. The lowest BCUT2D eigenvalue weighted by molar-refractivity contribution is -0.0399. The van der Waals surface area contributed by atoms with Gasteiger partial charge in [0, 0.05) is 5.41 Å². The third-order valence-electron chi connectivity index (χ3n) is 10.1. The van der Waals surface area contributed by atoms with E-state index >= 15 is 0 Å². The first-order valence-corrected chi connectivity index (χ1v) is 13.6. The minimum absolute atomic E-state index is 0.215. The van der Waals surface area contributed by atoms with Crippen molar-refractivity contribution in [3.05, 3.63) is 108 Å². The van der Waals surface area contributed by atoms with Crippen molar-refractivity contribution < 1.29 is 0 Å². The zero-order valence-corrected chi connectivity index (χ0v) is 20.5. The summed E-state index contributed by atoms with van der Waals surface area (Å²) in [5, 5.41) is 9.27. The maximum atomic E-state index is 9.27. The van der Waals surface area contributed by atoms with Crippen molar-refractivity contribution in [3.63, 3.8) is 0 Å². The molecule has 5 aliphatic carbocycles. The third-order valence-corrected chi connectivity index (χ3v) is 10.1. The average molecular weight is 464 g/mol. The zero-order chi connectivity index (χ0) is 23.9. The topological polar surface area (TPSA) is 23.8 Å². The van der Waals surface area contributed by atoms with E-state index in [-0.39, 0.29) is 5.41 Å². The van der Waals surface area contributed by atoms with Crippen LogP contribution in [0.1, 0.15) is 48.8 Å². The fourth-order valence-corrected chi connectivity index (χ4v) is 8.96. The molecule has 36 heavy (non-hydrogen) atoms. The Morgan fingerprint density at radius 3 is 1.86 bits per heavy atom. The molecule has 5 aliphatic rings. The van der Waals surface area contributed by atoms with Crippen molar-refractivity contribution in [2.75, 3.05) is 0 Å². The minimum atomic E-state index is 0.215. The highest BCUT2D eigenvalue weighted by atomic mass is 14.6. The van der Waals surface area contributed by atoms with Crippen LogP contribution in [0.25, 0.3) is 33.4 Å². The van der Waals surface area contributed by atoms with E-state index in [0.29, 0.717) is 5.56 Å². The number of benzene rings is 4. The van der Waals surface area contributed by atoms with Gasteiger partial charge >= 0.3 is 0 Å². The van der Waals surface area contributed by atoms with E-state index in [2.05, 4.69) is 78.9 Å². The number of nitriles is 1. The molecular weight excluding hydrogens is 434 g/mol. The van der Waals surface area contributed by atoms with Gasteiger partial charge in [0.1, 0.15) is 0 Å². The van der Waals surface area contributed by atoms with Crippen LogP contribution in [0.2, 0.25) is 0 Å². The van der Waals surface area contributed by atoms with E-state index in [4.69, 9.17) is 0 Å². The van der Waals surface area contributed by atoms with Crippen LogP contribution in [0.5, 0.6) is 0 Å². The Morgan fingerprint density at radius 2 is 1.17 bits per heavy atom. The summed E-state index contributed by atoms with van der Waals surface area (Å²) in [6.07, 6.45) is 7.16. The van der Waals surface area contributed by atoms with E-state index in [0.717, 1.165) is 34.8 Å². The van der Waals surface area contributed by atoms with Gasteiger partial charge in [-0.15, -0.1) is 0 Å². The van der Waals surface area contributed by atoms with Crippen molar-refractivity contribution >= 4 is 0 Å². The standard InChI is InChI=1S/C35H29N/c36-21-22-4-3-5-27(15-22)25-8-10-26(11-9-25)28-12-13-32-31-6-1-2-7-33(31)35(34(32)20-28)29-16-23-14-24(18-29)19-30(35)17-23/h1-13,15,20,23-24,29-30H,14,16-19H2. The van der Waals surface area contributed by atoms with Gasteiger partial charge in [-0.1, -0.05) is 72.8 Å². The predicted octanol–water partition coefficient (Wildman–Crippen LogP) is 8.61. The first-order valence-electron chi connectivity index (χ1n) is 13.6. The molecule has 0 saturated heterocycles. The molecule has 1 heteroatoms. The molecule has 174 valence electrons. The van der Waals surface area contributed by atoms with Crippen molar-refractivity contribution in [1.82, 2.24) is 0 Å². The van der Waals surface area contributed by atoms with E-state index in [1.165, 1.54) is 54.4 Å². The molecule has 0 heterocycles. The highest BCUT2D eigenvalue weighted by molar-refractivity contribution is 5.85. The lowest BCUT2D eigenvalue weighted by atomic mass is 9.43. The molecule has 0 unspecified atom stereocenters. The van der Waals surface area contributed by atoms with Gasteiger partial charge in [0.2, 0.25) is 0 Å². The fraction of sp³-hybridized carbons (Fsp3) is 0.286. The van der Waals surface area contributed by atoms with Gasteiger partial charge in [-0.25, -0.2) is 0 Å². The van der Waals surface area contributed by atoms with Crippen LogP contribution in [0, 0.1) is 35.0 Å². The maximum absolute atomic E-state index is 9.27. The Hall–Kier alpha value is -3.63. The Bertz CT molecular complexity index is 1520. The summed E-state index contributed by atoms with van der Waals surface area (Å²) in [6, 6.07) is 35.7. The molecule has 9 rings (SSSR count). The van der Waals surface area contributed by atoms with Gasteiger partial charge in [-0.2, -0.15) is 5.26 Å². The van der Waals surface area contributed by atoms with E-state index in [1.54, 1.807) is 11.1 Å². The average Bonchev–Trinajstić information content (AvgIpc) is 3.22. The maximum Gasteiger partial charge on any atom is 0.0991 e. The summed E-state index contributed by atoms with van der Waals surface area (Å²) in [4.78, 5) is 0. The number of fused-ring (bicyclic) bond motifs is 3. The van der Waals surface area contributed by atoms with Crippen molar-refractivity contribution in [3.8, 4) is 39.4 Å². The molecule has 0 atom stereocenters. The fourth-order valence-electron chi connectivity index (χ4n) is 8.96. The Labute approximate surface area is 213 Å². The van der Waals surface area contributed by atoms with Gasteiger partial charge in [0.25, 0.3) is 0 Å². The normalized spacial score (nSPS) is 28.6. The monoisotopic (exact) mass is 463 g/mol. The Balaban J connectivity index is 1.24. The number of rotatable bonds is 2. The minimum Gasteiger partial charge on any atom is -0.192 e. The molecule has 0 amide bonds. The van der Waals surface area contributed by atoms with Crippen molar-refractivity contribution in [2.24, 2.45) is 23.7 Å². The van der Waals surface area contributed by atoms with Gasteiger partial charge in [0.15, 0.2) is 0 Å². The van der Waals surface area contributed by atoms with Gasteiger partial charge < -0.3 is 0 Å². The molecule has 4 bridgehead atoms. The first-order chi connectivity index (χ1) is 17.7. The number of hydrogen-bond donors (Lipinski definition) is 0. The predicted molar refractivity (Wildman–Crippen MR) is 145 cm³/mol. The molecule has 4 fully saturated rings. The second-order valence-corrected chi connectivity index (χ2v) is 11.7. The SMILES string of the molecule is N#Cc1cccc(-c2ccc(-c3ccc4c(c3)C3(c5ccccc5-4)C4CC5CC(C4)CC3C5)cc2)c1. The van der Waals surface area contributed by atoms with E-state index < -0.39 is 0 Å². The van der Waals surface area contributed by atoms with Crippen LogP contribution >= 0.6 is 0 Å². The molecule has 4 aromatic rings. The number of nitrogens with zero attached hydrogens (tertiary/aromatic N) is 1. The highest BCUT2D eigenvalue weighted by Gasteiger charge is 2.61. The molecule has 0 aromatic heterocycles. The largest absolute Gasteiger partial charge is 0.192 e. The third kappa shape index (κ3) is 2.71. The number of hydrogen-bond acceptors (Lipinski definition) is 1. The lowest BCUT2D eigenvalue weighted by Crippen LogP contribution is -2.55. The molecule has 0 aliphatic heterocycles. The highest BCUT2D eigenvalue weighted by Crippen LogP contribution is 2.69. The molecular formula is C35H29N. The zero-order valence-electron chi connectivity index (χ0n) is 20.5. The summed E-state index contributed by atoms with van der Waals surface area (Å²) in [7, 11) is 0. The molecule has 0 radical (unpaired) electrons. The van der Waals surface area contributed by atoms with Crippen LogP contribution in [0.4, 0.5) is 0 Å². The van der Waals surface area contributed by atoms with Gasteiger partial charge in [0.05, 0.1) is 11.6 Å². The molecule has 1 nitrogen and oxygen atoms in total. The van der Waals surface area contributed by atoms with E-state index in [9.17, 15) is 5.26 Å². The van der Waals surface area contributed by atoms with Crippen molar-refractivity contribution in [1.29, 1.82) is 5.26 Å². The quantitative estimate of drug-likeness (QED) is 0.292. The summed E-state index contributed by atoms with van der Waals surface area (Å²) < 4.78 is 0. The molecule has 4 aromatic carbocycles. The van der Waals surface area contributed by atoms with Crippen molar-refractivity contribution in [2.45, 2.75) is 37.5 Å². The van der Waals surface area contributed by atoms with E-state index in [1.807, 2.05) is 18.2 Å². The van der Waals surface area contributed by atoms with Crippen LogP contribution < -0.4 is 0 Å². The van der Waals surface area contributed by atoms with Gasteiger partial charge in [-0.3, -0.25) is 0 Å². The smallest absolute Gasteiger partial charge is 0.0991 e. The molecule has 0 N–H and O–H groups in total. The second-order valence-electron chi connectivity index (χ2n) is 11.7. The second kappa shape index (κ2) is 7.44. The Morgan fingerprint density at radius 1 is 0.556 bits per heavy atom. The van der Waals surface area contributed by atoms with Crippen LogP contribution in [0.3, 0.4) is 0 Å². The summed E-state index contributed by atoms with van der Waals surface area (Å²) in [5.41, 5.74) is 12.0. The van der Waals surface area contributed by atoms with Gasteiger partial charge in [-0.05, 0) is 118 Å². The van der Waals surface area contributed by atoms with Crippen LogP contribution in [0.15, 0.2) is 91.0 Å². The molecule has 4 saturated carbocycles. The lowest BCUT2D eigenvalue weighted by Gasteiger charge is -2.61. The van der Waals surface area contributed by atoms with Crippen LogP contribution in [-0.2, 0) is 5.41 Å². The van der Waals surface area contributed by atoms with Crippen LogP contribution in [-0.4, -0.2) is 0 Å². The molecule has 1 spiro atoms. The summed E-state index contributed by atoms with van der Waals surface area (Å²) in [6.45, 7) is 0. The first kappa shape index (κ1) is 20.6.